The number of hydrogen-bond donors (Lipinski definition) is 1. The molecule has 1 N–H and O–H groups in total. The minimum Gasteiger partial charge on any atom is -0.354 e. The molecule has 0 fully saturated rings. The molecule has 1 unspecified atom stereocenters. The van der Waals surface area contributed by atoms with Crippen LogP contribution in [0, 0.1) is 0 Å². The molecule has 19 heavy (non-hydrogen) atoms. The molecule has 1 rings (SSSR count). The van der Waals surface area contributed by atoms with Crippen molar-refractivity contribution >= 4 is 33.2 Å². The van der Waals surface area contributed by atoms with Crippen LogP contribution in [0.1, 0.15) is 6.92 Å². The Morgan fingerprint density at radius 1 is 1.16 bits per heavy atom. The summed E-state index contributed by atoms with van der Waals surface area (Å²) >= 11 is 11.5. The molecule has 1 aromatic carbocycles. The highest BCUT2D eigenvalue weighted by Crippen LogP contribution is 2.24. The lowest BCUT2D eigenvalue weighted by Crippen LogP contribution is -2.42. The Labute approximate surface area is 122 Å². The Balaban J connectivity index is 2.95. The van der Waals surface area contributed by atoms with Gasteiger partial charge in [0.2, 0.25) is 10.0 Å². The summed E-state index contributed by atoms with van der Waals surface area (Å²) in [6, 6.07) is 3.52. The van der Waals surface area contributed by atoms with Gasteiger partial charge in [0, 0.05) is 14.2 Å². The van der Waals surface area contributed by atoms with Gasteiger partial charge in [-0.2, -0.15) is 0 Å². The van der Waals surface area contributed by atoms with Gasteiger partial charge in [0.25, 0.3) is 0 Å². The second-order valence-electron chi connectivity index (χ2n) is 3.83. The first-order valence-electron chi connectivity index (χ1n) is 5.34. The first-order valence-corrected chi connectivity index (χ1v) is 7.58. The molecule has 0 amide bonds. The van der Waals surface area contributed by atoms with Crippen molar-refractivity contribution in [3.8, 4) is 0 Å². The number of ether oxygens (including phenoxy) is 2. The van der Waals surface area contributed by atoms with Crippen molar-refractivity contribution in [2.75, 3.05) is 14.2 Å². The third-order valence-electron chi connectivity index (χ3n) is 2.42. The summed E-state index contributed by atoms with van der Waals surface area (Å²) in [5, 5.41) is 0.465. The molecule has 8 heteroatoms. The van der Waals surface area contributed by atoms with Gasteiger partial charge >= 0.3 is 0 Å². The van der Waals surface area contributed by atoms with Crippen molar-refractivity contribution in [1.29, 1.82) is 0 Å². The van der Waals surface area contributed by atoms with Gasteiger partial charge in [0.15, 0.2) is 6.29 Å². The molecule has 1 atom stereocenters. The number of hydrogen-bond acceptors (Lipinski definition) is 4. The van der Waals surface area contributed by atoms with E-state index in [1.165, 1.54) is 32.4 Å². The molecule has 5 nitrogen and oxygen atoms in total. The van der Waals surface area contributed by atoms with Gasteiger partial charge in [0.05, 0.1) is 21.0 Å². The van der Waals surface area contributed by atoms with Crippen LogP contribution in [0.3, 0.4) is 0 Å². The predicted molar refractivity (Wildman–Crippen MR) is 74.1 cm³/mol. The van der Waals surface area contributed by atoms with E-state index in [1.807, 2.05) is 0 Å². The maximum absolute atomic E-state index is 12.1. The third-order valence-corrected chi connectivity index (χ3v) is 4.71. The van der Waals surface area contributed by atoms with Crippen LogP contribution in [0.5, 0.6) is 0 Å². The van der Waals surface area contributed by atoms with Gasteiger partial charge in [-0.15, -0.1) is 0 Å². The standard InChI is InChI=1S/C11H15Cl2NO4S/c1-7(11(17-2)18-3)14-19(15,16)8-4-5-9(12)10(13)6-8/h4-7,11,14H,1-3H3. The molecule has 0 aliphatic heterocycles. The molecule has 0 saturated heterocycles. The van der Waals surface area contributed by atoms with Crippen LogP contribution in [0.2, 0.25) is 10.0 Å². The van der Waals surface area contributed by atoms with Crippen molar-refractivity contribution in [3.63, 3.8) is 0 Å². The van der Waals surface area contributed by atoms with E-state index in [2.05, 4.69) is 4.72 Å². The zero-order chi connectivity index (χ0) is 14.6. The maximum Gasteiger partial charge on any atom is 0.241 e. The molecule has 0 bridgehead atoms. The first-order chi connectivity index (χ1) is 8.81. The van der Waals surface area contributed by atoms with Crippen molar-refractivity contribution < 1.29 is 17.9 Å². The number of benzene rings is 1. The maximum atomic E-state index is 12.1. The zero-order valence-corrected chi connectivity index (χ0v) is 13.0. The molecule has 0 heterocycles. The van der Waals surface area contributed by atoms with E-state index in [1.54, 1.807) is 6.92 Å². The number of rotatable bonds is 6. The zero-order valence-electron chi connectivity index (χ0n) is 10.7. The fourth-order valence-electron chi connectivity index (χ4n) is 1.52. The summed E-state index contributed by atoms with van der Waals surface area (Å²) in [6.45, 7) is 1.63. The van der Waals surface area contributed by atoms with Crippen LogP contribution < -0.4 is 4.72 Å². The summed E-state index contributed by atoms with van der Waals surface area (Å²) in [7, 11) is -0.860. The molecule has 0 aromatic heterocycles. The van der Waals surface area contributed by atoms with Gasteiger partial charge < -0.3 is 9.47 Å². The number of halogens is 2. The lowest BCUT2D eigenvalue weighted by Gasteiger charge is -2.22. The van der Waals surface area contributed by atoms with E-state index >= 15 is 0 Å². The summed E-state index contributed by atoms with van der Waals surface area (Å²) in [5.41, 5.74) is 0. The Morgan fingerprint density at radius 3 is 2.21 bits per heavy atom. The second-order valence-corrected chi connectivity index (χ2v) is 6.35. The Bertz CT molecular complexity index is 531. The number of sulfonamides is 1. The molecule has 0 radical (unpaired) electrons. The average molecular weight is 328 g/mol. The van der Waals surface area contributed by atoms with Crippen molar-refractivity contribution in [3.05, 3.63) is 28.2 Å². The minimum atomic E-state index is -3.72. The van der Waals surface area contributed by atoms with Gasteiger partial charge in [-0.3, -0.25) is 0 Å². The Kier molecular flexibility index (Phi) is 6.04. The smallest absolute Gasteiger partial charge is 0.241 e. The first kappa shape index (κ1) is 16.7. The van der Waals surface area contributed by atoms with Gasteiger partial charge in [-0.05, 0) is 25.1 Å². The second kappa shape index (κ2) is 6.88. The van der Waals surface area contributed by atoms with Gasteiger partial charge in [0.1, 0.15) is 0 Å². The third kappa shape index (κ3) is 4.30. The normalized spacial score (nSPS) is 13.8. The minimum absolute atomic E-state index is 0.0275. The molecule has 108 valence electrons. The highest BCUT2D eigenvalue weighted by Gasteiger charge is 2.23. The quantitative estimate of drug-likeness (QED) is 0.814. The topological polar surface area (TPSA) is 64.6 Å². The fraction of sp³-hybridized carbons (Fsp3) is 0.455. The SMILES string of the molecule is COC(OC)C(C)NS(=O)(=O)c1ccc(Cl)c(Cl)c1. The van der Waals surface area contributed by atoms with Gasteiger partial charge in [-0.1, -0.05) is 23.2 Å². The average Bonchev–Trinajstić information content (AvgIpc) is 2.33. The Morgan fingerprint density at radius 2 is 1.74 bits per heavy atom. The molecular weight excluding hydrogens is 313 g/mol. The largest absolute Gasteiger partial charge is 0.354 e. The van der Waals surface area contributed by atoms with E-state index in [0.717, 1.165) is 0 Å². The summed E-state index contributed by atoms with van der Waals surface area (Å²) in [6.07, 6.45) is -0.683. The van der Waals surface area contributed by atoms with Crippen LogP contribution in [0.15, 0.2) is 23.1 Å². The van der Waals surface area contributed by atoms with Crippen molar-refractivity contribution in [2.24, 2.45) is 0 Å². The van der Waals surface area contributed by atoms with Crippen LogP contribution in [-0.2, 0) is 19.5 Å². The molecule has 0 spiro atoms. The van der Waals surface area contributed by atoms with E-state index in [4.69, 9.17) is 32.7 Å². The molecule has 0 aliphatic rings. The number of methoxy groups -OCH3 is 2. The van der Waals surface area contributed by atoms with Crippen molar-refractivity contribution in [1.82, 2.24) is 4.72 Å². The van der Waals surface area contributed by atoms with Gasteiger partial charge in [-0.25, -0.2) is 13.1 Å². The van der Waals surface area contributed by atoms with Crippen LogP contribution in [0.25, 0.3) is 0 Å². The monoisotopic (exact) mass is 327 g/mol. The summed E-state index contributed by atoms with van der Waals surface area (Å²) in [4.78, 5) is 0.0275. The molecule has 0 saturated carbocycles. The predicted octanol–water partition coefficient (Wildman–Crippen LogP) is 2.28. The van der Waals surface area contributed by atoms with E-state index in [-0.39, 0.29) is 9.92 Å². The van der Waals surface area contributed by atoms with E-state index in [9.17, 15) is 8.42 Å². The summed E-state index contributed by atoms with van der Waals surface area (Å²) in [5.74, 6) is 0. The molecular formula is C11H15Cl2NO4S. The lowest BCUT2D eigenvalue weighted by molar-refractivity contribution is -0.115. The highest BCUT2D eigenvalue weighted by atomic mass is 35.5. The number of nitrogens with one attached hydrogen (secondary N) is 1. The summed E-state index contributed by atoms with van der Waals surface area (Å²) < 4.78 is 36.7. The Hall–Kier alpha value is -0.370. The van der Waals surface area contributed by atoms with Crippen LogP contribution >= 0.6 is 23.2 Å². The molecule has 0 aliphatic carbocycles. The van der Waals surface area contributed by atoms with E-state index in [0.29, 0.717) is 5.02 Å². The van der Waals surface area contributed by atoms with E-state index < -0.39 is 22.4 Å². The fourth-order valence-corrected chi connectivity index (χ4v) is 3.14. The molecule has 1 aromatic rings. The lowest BCUT2D eigenvalue weighted by atomic mass is 10.3. The van der Waals surface area contributed by atoms with Crippen molar-refractivity contribution in [2.45, 2.75) is 24.2 Å². The van der Waals surface area contributed by atoms with Crippen LogP contribution in [0.4, 0.5) is 0 Å². The highest BCUT2D eigenvalue weighted by molar-refractivity contribution is 7.89. The van der Waals surface area contributed by atoms with Crippen LogP contribution in [-0.4, -0.2) is 35.0 Å².